The molecule has 6 heteroatoms. The normalized spacial score (nSPS) is 11.3. The highest BCUT2D eigenvalue weighted by Gasteiger charge is 2.19. The predicted octanol–water partition coefficient (Wildman–Crippen LogP) is 4.21. The summed E-state index contributed by atoms with van der Waals surface area (Å²) in [5.74, 6) is -0.358. The maximum atomic E-state index is 12.4. The highest BCUT2D eigenvalue weighted by atomic mass is 32.1. The number of rotatable bonds is 5. The Bertz CT molecular complexity index is 931. The molecule has 0 atom stereocenters. The average Bonchev–Trinajstić information content (AvgIpc) is 3.21. The molecule has 3 rings (SSSR count). The Labute approximate surface area is 143 Å². The number of fused-ring (bicyclic) bond motifs is 1. The molecule has 0 amide bonds. The average molecular weight is 344 g/mol. The molecule has 0 saturated carbocycles. The number of aromatic nitrogens is 2. The third kappa shape index (κ3) is 2.67. The van der Waals surface area contributed by atoms with E-state index in [1.54, 1.807) is 12.3 Å². The van der Waals surface area contributed by atoms with E-state index in [0.29, 0.717) is 16.3 Å². The molecule has 0 fully saturated rings. The topological polar surface area (TPSA) is 64.1 Å². The van der Waals surface area contributed by atoms with Gasteiger partial charge in [0.25, 0.3) is 5.56 Å². The lowest BCUT2D eigenvalue weighted by Crippen LogP contribution is -2.08. The number of carbonyl (C=O) groups is 1. The number of methoxy groups -OCH3 is 1. The van der Waals surface area contributed by atoms with Crippen LogP contribution >= 0.6 is 11.3 Å². The van der Waals surface area contributed by atoms with Crippen LogP contribution in [-0.2, 0) is 4.74 Å². The summed E-state index contributed by atoms with van der Waals surface area (Å²) in [5.41, 5.74) is 2.53. The van der Waals surface area contributed by atoms with Crippen LogP contribution < -0.4 is 5.56 Å². The quantitative estimate of drug-likeness (QED) is 0.705. The Kier molecular flexibility index (Phi) is 4.57. The molecule has 0 bridgehead atoms. The van der Waals surface area contributed by atoms with E-state index in [1.807, 2.05) is 17.6 Å². The van der Waals surface area contributed by atoms with Crippen LogP contribution in [0.1, 0.15) is 42.4 Å². The number of esters is 1. The first-order chi connectivity index (χ1) is 11.6. The van der Waals surface area contributed by atoms with Gasteiger partial charge in [-0.05, 0) is 35.9 Å². The summed E-state index contributed by atoms with van der Waals surface area (Å²) in [6, 6.07) is 4.06. The summed E-state index contributed by atoms with van der Waals surface area (Å²) in [5, 5.41) is 2.56. The van der Waals surface area contributed by atoms with E-state index in [1.165, 1.54) is 18.4 Å². The van der Waals surface area contributed by atoms with Crippen molar-refractivity contribution in [3.05, 3.63) is 45.1 Å². The number of H-pyrrole nitrogens is 1. The molecule has 0 unspecified atom stereocenters. The number of thiophene rings is 1. The molecule has 24 heavy (non-hydrogen) atoms. The van der Waals surface area contributed by atoms with Crippen LogP contribution in [0, 0.1) is 0 Å². The van der Waals surface area contributed by atoms with Crippen molar-refractivity contribution in [3.63, 3.8) is 0 Å². The lowest BCUT2D eigenvalue weighted by Gasteiger charge is -2.15. The number of hydrogen-bond acceptors (Lipinski definition) is 4. The lowest BCUT2D eigenvalue weighted by molar-refractivity contribution is 0.0606. The summed E-state index contributed by atoms with van der Waals surface area (Å²) in [6.45, 7) is 4.29. The van der Waals surface area contributed by atoms with E-state index < -0.39 is 0 Å². The minimum absolute atomic E-state index is 0.113. The molecular formula is C18H20N2O3S. The van der Waals surface area contributed by atoms with Crippen molar-refractivity contribution < 1.29 is 9.53 Å². The maximum Gasteiger partial charge on any atom is 0.348 e. The van der Waals surface area contributed by atoms with E-state index in [2.05, 4.69) is 23.4 Å². The fraction of sp³-hybridized carbons (Fsp3) is 0.333. The minimum Gasteiger partial charge on any atom is -0.465 e. The molecule has 3 aromatic rings. The first-order valence-electron chi connectivity index (χ1n) is 8.00. The summed E-state index contributed by atoms with van der Waals surface area (Å²) >= 11 is 1.32. The number of pyridine rings is 1. The number of aromatic amines is 1. The molecule has 0 aliphatic rings. The van der Waals surface area contributed by atoms with Gasteiger partial charge in [0.1, 0.15) is 4.88 Å². The van der Waals surface area contributed by atoms with Crippen molar-refractivity contribution in [1.82, 2.24) is 9.55 Å². The molecule has 0 spiro atoms. The van der Waals surface area contributed by atoms with Gasteiger partial charge in [0.2, 0.25) is 0 Å². The number of ether oxygens (including phenoxy) is 1. The van der Waals surface area contributed by atoms with Gasteiger partial charge in [0, 0.05) is 24.0 Å². The second-order valence-corrected chi connectivity index (χ2v) is 6.59. The molecule has 0 aliphatic heterocycles. The van der Waals surface area contributed by atoms with E-state index in [0.717, 1.165) is 29.5 Å². The largest absolute Gasteiger partial charge is 0.465 e. The molecule has 3 aromatic heterocycles. The molecule has 5 nitrogen and oxygen atoms in total. The van der Waals surface area contributed by atoms with Crippen molar-refractivity contribution in [1.29, 1.82) is 0 Å². The molecule has 0 radical (unpaired) electrons. The maximum absolute atomic E-state index is 12.4. The van der Waals surface area contributed by atoms with Crippen molar-refractivity contribution in [2.75, 3.05) is 7.11 Å². The zero-order chi connectivity index (χ0) is 17.3. The number of nitrogens with zero attached hydrogens (tertiary/aromatic N) is 1. The molecule has 3 heterocycles. The molecule has 0 aliphatic carbocycles. The van der Waals surface area contributed by atoms with Gasteiger partial charge in [0.15, 0.2) is 0 Å². The summed E-state index contributed by atoms with van der Waals surface area (Å²) in [6.07, 6.45) is 5.69. The van der Waals surface area contributed by atoms with Crippen molar-refractivity contribution in [2.24, 2.45) is 0 Å². The summed E-state index contributed by atoms with van der Waals surface area (Å²) < 4.78 is 6.95. The zero-order valence-corrected chi connectivity index (χ0v) is 14.8. The minimum atomic E-state index is -0.358. The van der Waals surface area contributed by atoms with Crippen LogP contribution in [0.5, 0.6) is 0 Å². The van der Waals surface area contributed by atoms with Crippen LogP contribution in [0.3, 0.4) is 0 Å². The van der Waals surface area contributed by atoms with E-state index >= 15 is 0 Å². The number of hydrogen-bond donors (Lipinski definition) is 1. The second-order valence-electron chi connectivity index (χ2n) is 5.68. The van der Waals surface area contributed by atoms with Crippen molar-refractivity contribution in [2.45, 2.75) is 32.7 Å². The van der Waals surface area contributed by atoms with Gasteiger partial charge in [-0.15, -0.1) is 11.3 Å². The third-order valence-electron chi connectivity index (χ3n) is 4.39. The summed E-state index contributed by atoms with van der Waals surface area (Å²) in [7, 11) is 1.37. The van der Waals surface area contributed by atoms with Crippen LogP contribution in [-0.4, -0.2) is 22.6 Å². The highest BCUT2D eigenvalue weighted by Crippen LogP contribution is 2.34. The standard InChI is InChI=1S/C18H20N2O3S/c1-4-12(5-2)20-9-13(16-14(20)6-7-19-17(16)21)11-8-15(24-10-11)18(22)23-3/h6-10,12H,4-5H2,1-3H3,(H,19,21). The van der Waals surface area contributed by atoms with Gasteiger partial charge in [-0.1, -0.05) is 13.8 Å². The Hall–Kier alpha value is -2.34. The fourth-order valence-electron chi connectivity index (χ4n) is 3.10. The Morgan fingerprint density at radius 2 is 2.12 bits per heavy atom. The number of carbonyl (C=O) groups excluding carboxylic acids is 1. The Balaban J connectivity index is 2.23. The SMILES string of the molecule is CCC(CC)n1cc(-c2csc(C(=O)OC)c2)c2c(=O)[nH]ccc21. The second kappa shape index (κ2) is 6.65. The molecular weight excluding hydrogens is 324 g/mol. The van der Waals surface area contributed by atoms with E-state index in [-0.39, 0.29) is 11.5 Å². The van der Waals surface area contributed by atoms with Crippen LogP contribution in [0.4, 0.5) is 0 Å². The predicted molar refractivity (Wildman–Crippen MR) is 96.8 cm³/mol. The number of nitrogens with one attached hydrogen (secondary N) is 1. The van der Waals surface area contributed by atoms with Crippen molar-refractivity contribution in [3.8, 4) is 11.1 Å². The molecule has 126 valence electrons. The van der Waals surface area contributed by atoms with Gasteiger partial charge in [-0.25, -0.2) is 4.79 Å². The third-order valence-corrected chi connectivity index (χ3v) is 5.30. The van der Waals surface area contributed by atoms with Gasteiger partial charge in [-0.2, -0.15) is 0 Å². The van der Waals surface area contributed by atoms with E-state index in [4.69, 9.17) is 4.74 Å². The monoisotopic (exact) mass is 344 g/mol. The first kappa shape index (κ1) is 16.5. The Morgan fingerprint density at radius 1 is 1.38 bits per heavy atom. The highest BCUT2D eigenvalue weighted by molar-refractivity contribution is 7.12. The Morgan fingerprint density at radius 3 is 2.79 bits per heavy atom. The molecule has 1 N–H and O–H groups in total. The van der Waals surface area contributed by atoms with E-state index in [9.17, 15) is 9.59 Å². The first-order valence-corrected chi connectivity index (χ1v) is 8.88. The van der Waals surface area contributed by atoms with Crippen LogP contribution in [0.2, 0.25) is 0 Å². The lowest BCUT2D eigenvalue weighted by atomic mass is 10.1. The van der Waals surface area contributed by atoms with Crippen LogP contribution in [0.15, 0.2) is 34.7 Å². The zero-order valence-electron chi connectivity index (χ0n) is 14.0. The van der Waals surface area contributed by atoms with Gasteiger partial charge < -0.3 is 14.3 Å². The van der Waals surface area contributed by atoms with Crippen LogP contribution in [0.25, 0.3) is 22.0 Å². The smallest absolute Gasteiger partial charge is 0.348 e. The molecule has 0 aromatic carbocycles. The van der Waals surface area contributed by atoms with Gasteiger partial charge in [0.05, 0.1) is 18.0 Å². The fourth-order valence-corrected chi connectivity index (χ4v) is 3.93. The summed E-state index contributed by atoms with van der Waals surface area (Å²) in [4.78, 5) is 27.4. The van der Waals surface area contributed by atoms with Crippen molar-refractivity contribution >= 4 is 28.2 Å². The van der Waals surface area contributed by atoms with Gasteiger partial charge in [-0.3, -0.25) is 4.79 Å². The van der Waals surface area contributed by atoms with Gasteiger partial charge >= 0.3 is 5.97 Å². The molecule has 0 saturated heterocycles.